The van der Waals surface area contributed by atoms with E-state index in [2.05, 4.69) is 10.6 Å². The number of halogens is 5. The number of carbonyl (C=O) groups is 2. The molecule has 0 radical (unpaired) electrons. The van der Waals surface area contributed by atoms with E-state index in [1.165, 1.54) is 24.3 Å². The van der Waals surface area contributed by atoms with E-state index < -0.39 is 35.0 Å². The number of ether oxygens (including phenoxy) is 1. The van der Waals surface area contributed by atoms with Gasteiger partial charge in [0.05, 0.1) is 22.1 Å². The highest BCUT2D eigenvalue weighted by Gasteiger charge is 2.53. The van der Waals surface area contributed by atoms with Crippen LogP contribution in [0.25, 0.3) is 0 Å². The Labute approximate surface area is 222 Å². The molecule has 11 heteroatoms. The van der Waals surface area contributed by atoms with Gasteiger partial charge >= 0.3 is 6.18 Å². The molecular weight excluding hydrogens is 528 g/mol. The summed E-state index contributed by atoms with van der Waals surface area (Å²) in [4.78, 5) is 25.7. The summed E-state index contributed by atoms with van der Waals surface area (Å²) in [5.41, 5.74) is -1.04. The van der Waals surface area contributed by atoms with E-state index in [9.17, 15) is 32.3 Å². The second-order valence-corrected chi connectivity index (χ2v) is 10.4. The van der Waals surface area contributed by atoms with Crippen LogP contribution in [-0.4, -0.2) is 42.2 Å². The van der Waals surface area contributed by atoms with Gasteiger partial charge in [-0.25, -0.2) is 4.39 Å². The third kappa shape index (κ3) is 6.40. The van der Waals surface area contributed by atoms with Crippen LogP contribution in [0, 0.1) is 17.2 Å². The molecule has 4 rings (SSSR count). The molecule has 206 valence electrons. The molecule has 4 unspecified atom stereocenters. The normalized spacial score (nSPS) is 24.9. The fourth-order valence-corrected chi connectivity index (χ4v) is 5.63. The van der Waals surface area contributed by atoms with Crippen LogP contribution in [0.1, 0.15) is 43.2 Å². The number of carbonyl (C=O) groups excluding carboxylic acids is 2. The van der Waals surface area contributed by atoms with Crippen molar-refractivity contribution in [2.75, 3.05) is 13.2 Å². The van der Waals surface area contributed by atoms with E-state index in [0.29, 0.717) is 31.2 Å². The van der Waals surface area contributed by atoms with E-state index >= 15 is 0 Å². The van der Waals surface area contributed by atoms with Gasteiger partial charge in [0.1, 0.15) is 11.6 Å². The van der Waals surface area contributed by atoms with Gasteiger partial charge in [-0.2, -0.15) is 13.2 Å². The largest absolute Gasteiger partial charge is 0.484 e. The fraction of sp³-hybridized carbons (Fsp3) is 0.481. The second-order valence-electron chi connectivity index (χ2n) is 10.0. The van der Waals surface area contributed by atoms with E-state index in [-0.39, 0.29) is 48.2 Å². The molecular formula is C27H29ClF4N2O4. The monoisotopic (exact) mass is 556 g/mol. The summed E-state index contributed by atoms with van der Waals surface area (Å²) < 4.78 is 57.1. The van der Waals surface area contributed by atoms with Gasteiger partial charge in [0.15, 0.2) is 6.61 Å². The van der Waals surface area contributed by atoms with Crippen molar-refractivity contribution in [1.29, 1.82) is 0 Å². The Bertz CT molecular complexity index is 1160. The summed E-state index contributed by atoms with van der Waals surface area (Å²) in [7, 11) is 0. The van der Waals surface area contributed by atoms with Crippen LogP contribution in [0.2, 0.25) is 5.02 Å². The van der Waals surface area contributed by atoms with Crippen molar-refractivity contribution in [2.24, 2.45) is 11.3 Å². The maximum atomic E-state index is 13.6. The smallest absolute Gasteiger partial charge is 0.416 e. The van der Waals surface area contributed by atoms with Crippen molar-refractivity contribution in [2.45, 2.75) is 56.8 Å². The number of hydrogen-bond acceptors (Lipinski definition) is 4. The molecule has 2 saturated carbocycles. The van der Waals surface area contributed by atoms with E-state index in [0.717, 1.165) is 24.6 Å². The zero-order valence-electron chi connectivity index (χ0n) is 20.5. The molecule has 6 nitrogen and oxygen atoms in total. The van der Waals surface area contributed by atoms with Gasteiger partial charge < -0.3 is 20.5 Å². The second kappa shape index (κ2) is 11.5. The highest BCUT2D eigenvalue weighted by atomic mass is 35.5. The molecule has 2 aliphatic rings. The minimum Gasteiger partial charge on any atom is -0.484 e. The molecule has 2 fully saturated rings. The summed E-state index contributed by atoms with van der Waals surface area (Å²) >= 11 is 5.65. The first-order chi connectivity index (χ1) is 18.0. The van der Waals surface area contributed by atoms with Crippen molar-refractivity contribution in [3.8, 4) is 5.75 Å². The third-order valence-corrected chi connectivity index (χ3v) is 7.85. The number of benzene rings is 2. The molecule has 3 N–H and O–H groups in total. The van der Waals surface area contributed by atoms with E-state index in [1.54, 1.807) is 0 Å². The lowest BCUT2D eigenvalue weighted by Crippen LogP contribution is -2.60. The maximum absolute atomic E-state index is 13.6. The highest BCUT2D eigenvalue weighted by Crippen LogP contribution is 2.49. The maximum Gasteiger partial charge on any atom is 0.416 e. The Kier molecular flexibility index (Phi) is 8.52. The van der Waals surface area contributed by atoms with Crippen LogP contribution >= 0.6 is 11.6 Å². The Morgan fingerprint density at radius 2 is 1.89 bits per heavy atom. The van der Waals surface area contributed by atoms with Gasteiger partial charge in [-0.05, 0) is 67.9 Å². The summed E-state index contributed by atoms with van der Waals surface area (Å²) in [6.45, 7) is -0.109. The Morgan fingerprint density at radius 3 is 2.58 bits per heavy atom. The highest BCUT2D eigenvalue weighted by molar-refractivity contribution is 6.30. The summed E-state index contributed by atoms with van der Waals surface area (Å²) in [6, 6.07) is 8.34. The van der Waals surface area contributed by atoms with Gasteiger partial charge in [-0.15, -0.1) is 0 Å². The molecule has 2 bridgehead atoms. The Balaban J connectivity index is 1.29. The molecule has 0 aromatic heterocycles. The first-order valence-corrected chi connectivity index (χ1v) is 12.9. The SMILES string of the molecule is O=C(COc1ccc(Cl)c(F)c1)NC1CC(O)C2(C(=O)NCCc3ccc(C(F)(F)F)cc3)CCCC1C2. The molecule has 0 aliphatic heterocycles. The molecule has 0 spiro atoms. The summed E-state index contributed by atoms with van der Waals surface area (Å²) in [5.74, 6) is -1.20. The van der Waals surface area contributed by atoms with Crippen molar-refractivity contribution < 1.29 is 37.0 Å². The number of alkyl halides is 3. The summed E-state index contributed by atoms with van der Waals surface area (Å²) in [6.07, 6.45) is -2.38. The molecule has 38 heavy (non-hydrogen) atoms. The minimum absolute atomic E-state index is 0.00950. The lowest BCUT2D eigenvalue weighted by molar-refractivity contribution is -0.150. The predicted molar refractivity (Wildman–Crippen MR) is 132 cm³/mol. The fourth-order valence-electron chi connectivity index (χ4n) is 5.51. The molecule has 2 aromatic rings. The predicted octanol–water partition coefficient (Wildman–Crippen LogP) is 4.66. The molecule has 0 heterocycles. The summed E-state index contributed by atoms with van der Waals surface area (Å²) in [5, 5.41) is 16.7. The van der Waals surface area contributed by atoms with E-state index in [4.69, 9.17) is 16.3 Å². The van der Waals surface area contributed by atoms with Crippen LogP contribution in [0.4, 0.5) is 17.6 Å². The van der Waals surface area contributed by atoms with Gasteiger partial charge in [0, 0.05) is 18.7 Å². The number of fused-ring (bicyclic) bond motifs is 2. The van der Waals surface area contributed by atoms with Gasteiger partial charge in [-0.1, -0.05) is 30.2 Å². The molecule has 2 amide bonds. The van der Waals surface area contributed by atoms with Crippen molar-refractivity contribution in [3.05, 3.63) is 64.4 Å². The number of aliphatic hydroxyl groups is 1. The first-order valence-electron chi connectivity index (χ1n) is 12.5. The Morgan fingerprint density at radius 1 is 1.16 bits per heavy atom. The average Bonchev–Trinajstić information content (AvgIpc) is 2.88. The minimum atomic E-state index is -4.40. The quantitative estimate of drug-likeness (QED) is 0.413. The number of hydrogen-bond donors (Lipinski definition) is 3. The topological polar surface area (TPSA) is 87.7 Å². The van der Waals surface area contributed by atoms with Crippen LogP contribution in [0.5, 0.6) is 5.75 Å². The molecule has 4 atom stereocenters. The lowest BCUT2D eigenvalue weighted by Gasteiger charge is -2.50. The average molecular weight is 557 g/mol. The number of nitrogens with one attached hydrogen (secondary N) is 2. The zero-order chi connectivity index (χ0) is 27.5. The standard InChI is InChI=1S/C27H29ClF4N2O4/c28-20-8-7-19(12-21(20)29)38-15-24(36)34-22-13-23(35)26(10-1-2-17(22)14-26)25(37)33-11-9-16-3-5-18(6-4-16)27(30,31)32/h3-8,12,17,22-23,35H,1-2,9-11,13-15H2,(H,33,37)(H,34,36). The van der Waals surface area contributed by atoms with Crippen LogP contribution in [0.15, 0.2) is 42.5 Å². The number of rotatable bonds is 8. The van der Waals surface area contributed by atoms with E-state index in [1.807, 2.05) is 0 Å². The van der Waals surface area contributed by atoms with Crippen LogP contribution < -0.4 is 15.4 Å². The van der Waals surface area contributed by atoms with Crippen molar-refractivity contribution >= 4 is 23.4 Å². The van der Waals surface area contributed by atoms with Crippen LogP contribution in [0.3, 0.4) is 0 Å². The van der Waals surface area contributed by atoms with Crippen LogP contribution in [-0.2, 0) is 22.2 Å². The van der Waals surface area contributed by atoms with Crippen molar-refractivity contribution in [1.82, 2.24) is 10.6 Å². The zero-order valence-corrected chi connectivity index (χ0v) is 21.2. The van der Waals surface area contributed by atoms with Gasteiger partial charge in [0.25, 0.3) is 5.91 Å². The number of amides is 2. The molecule has 0 saturated heterocycles. The number of aliphatic hydroxyl groups excluding tert-OH is 1. The molecule has 2 aliphatic carbocycles. The van der Waals surface area contributed by atoms with Gasteiger partial charge in [-0.3, -0.25) is 9.59 Å². The van der Waals surface area contributed by atoms with Gasteiger partial charge in [0.2, 0.25) is 5.91 Å². The van der Waals surface area contributed by atoms with Crippen molar-refractivity contribution in [3.63, 3.8) is 0 Å². The third-order valence-electron chi connectivity index (χ3n) is 7.55. The molecule has 2 aromatic carbocycles. The first kappa shape index (κ1) is 28.2. The Hall–Kier alpha value is -2.85. The lowest BCUT2D eigenvalue weighted by atomic mass is 9.58.